The van der Waals surface area contributed by atoms with Gasteiger partial charge < -0.3 is 14.4 Å². The Balaban J connectivity index is 1.69. The molecular formula is C18H21FN2O2. The summed E-state index contributed by atoms with van der Waals surface area (Å²) in [6, 6.07) is 7.19. The first-order valence-corrected chi connectivity index (χ1v) is 8.26. The van der Waals surface area contributed by atoms with Crippen LogP contribution in [0.1, 0.15) is 18.5 Å². The number of aryl methyl sites for hydroxylation is 1. The van der Waals surface area contributed by atoms with Gasteiger partial charge in [0.2, 0.25) is 0 Å². The fourth-order valence-corrected chi connectivity index (χ4v) is 3.60. The lowest BCUT2D eigenvalue weighted by Gasteiger charge is -2.37. The smallest absolute Gasteiger partial charge is 0.149 e. The number of rotatable bonds is 2. The molecule has 0 amide bonds. The number of nitrogens with zero attached hydrogens (tertiary/aromatic N) is 2. The maximum atomic E-state index is 14.1. The normalized spacial score (nSPS) is 25.2. The van der Waals surface area contributed by atoms with Crippen LogP contribution in [-0.2, 0) is 9.47 Å². The summed E-state index contributed by atoms with van der Waals surface area (Å²) in [4.78, 5) is 6.65. The van der Waals surface area contributed by atoms with Crippen LogP contribution in [0, 0.1) is 12.7 Å². The molecule has 2 saturated heterocycles. The summed E-state index contributed by atoms with van der Waals surface area (Å²) in [6.07, 6.45) is 2.43. The minimum absolute atomic E-state index is 0.0864. The number of anilines is 1. The minimum Gasteiger partial charge on any atom is -0.375 e. The van der Waals surface area contributed by atoms with E-state index in [0.29, 0.717) is 12.1 Å². The monoisotopic (exact) mass is 316 g/mol. The van der Waals surface area contributed by atoms with Crippen LogP contribution < -0.4 is 4.90 Å². The predicted molar refractivity (Wildman–Crippen MR) is 87.4 cm³/mol. The third-order valence-corrected chi connectivity index (χ3v) is 4.71. The van der Waals surface area contributed by atoms with Gasteiger partial charge in [-0.15, -0.1) is 0 Å². The molecule has 0 spiro atoms. The number of hydrogen-bond donors (Lipinski definition) is 0. The molecular weight excluding hydrogens is 295 g/mol. The lowest BCUT2D eigenvalue weighted by atomic mass is 10.1. The van der Waals surface area contributed by atoms with E-state index in [1.165, 1.54) is 6.07 Å². The van der Waals surface area contributed by atoms with Crippen LogP contribution in [0.3, 0.4) is 0 Å². The second-order valence-corrected chi connectivity index (χ2v) is 6.33. The van der Waals surface area contributed by atoms with E-state index in [9.17, 15) is 4.39 Å². The molecule has 122 valence electrons. The third kappa shape index (κ3) is 2.79. The molecule has 5 heteroatoms. The average molecular weight is 316 g/mol. The highest BCUT2D eigenvalue weighted by Crippen LogP contribution is 2.31. The van der Waals surface area contributed by atoms with E-state index in [2.05, 4.69) is 9.88 Å². The van der Waals surface area contributed by atoms with Gasteiger partial charge in [-0.2, -0.15) is 0 Å². The van der Waals surface area contributed by atoms with Gasteiger partial charge in [-0.3, -0.25) is 0 Å². The highest BCUT2D eigenvalue weighted by atomic mass is 19.1. The Morgan fingerprint density at radius 3 is 2.91 bits per heavy atom. The van der Waals surface area contributed by atoms with E-state index < -0.39 is 0 Å². The summed E-state index contributed by atoms with van der Waals surface area (Å²) >= 11 is 0. The Morgan fingerprint density at radius 2 is 2.09 bits per heavy atom. The molecule has 0 bridgehead atoms. The molecule has 2 unspecified atom stereocenters. The van der Waals surface area contributed by atoms with E-state index in [-0.39, 0.29) is 18.0 Å². The second-order valence-electron chi connectivity index (χ2n) is 6.33. The van der Waals surface area contributed by atoms with E-state index in [1.54, 1.807) is 6.07 Å². The van der Waals surface area contributed by atoms with Gasteiger partial charge in [-0.25, -0.2) is 9.37 Å². The van der Waals surface area contributed by atoms with E-state index in [1.807, 2.05) is 19.1 Å². The van der Waals surface area contributed by atoms with Gasteiger partial charge in [0.1, 0.15) is 17.4 Å². The van der Waals surface area contributed by atoms with Crippen LogP contribution in [0.5, 0.6) is 0 Å². The molecule has 2 atom stereocenters. The molecule has 2 aromatic rings. The molecule has 1 aromatic heterocycles. The van der Waals surface area contributed by atoms with Crippen molar-refractivity contribution in [2.24, 2.45) is 0 Å². The number of morpholine rings is 1. The predicted octanol–water partition coefficient (Wildman–Crippen LogP) is 3.07. The Hall–Kier alpha value is -1.72. The summed E-state index contributed by atoms with van der Waals surface area (Å²) < 4.78 is 25.8. The zero-order valence-corrected chi connectivity index (χ0v) is 13.3. The van der Waals surface area contributed by atoms with Gasteiger partial charge in [0, 0.05) is 36.5 Å². The fraction of sp³-hybridized carbons (Fsp3) is 0.500. The molecule has 0 saturated carbocycles. The molecule has 4 rings (SSSR count). The maximum absolute atomic E-state index is 14.1. The number of fused-ring (bicyclic) bond motifs is 1. The molecule has 0 radical (unpaired) electrons. The minimum atomic E-state index is -0.267. The Labute approximate surface area is 135 Å². The van der Waals surface area contributed by atoms with Crippen LogP contribution in [0.4, 0.5) is 10.1 Å². The van der Waals surface area contributed by atoms with Crippen LogP contribution in [0.2, 0.25) is 0 Å². The molecule has 2 aliphatic rings. The third-order valence-electron chi connectivity index (χ3n) is 4.71. The van der Waals surface area contributed by atoms with Crippen LogP contribution in [-0.4, -0.2) is 43.5 Å². The van der Waals surface area contributed by atoms with Gasteiger partial charge in [-0.05, 0) is 31.9 Å². The fourth-order valence-electron chi connectivity index (χ4n) is 3.60. The number of halogens is 1. The van der Waals surface area contributed by atoms with Crippen molar-refractivity contribution < 1.29 is 13.9 Å². The van der Waals surface area contributed by atoms with Gasteiger partial charge >= 0.3 is 0 Å². The maximum Gasteiger partial charge on any atom is 0.149 e. The van der Waals surface area contributed by atoms with Gasteiger partial charge in [0.25, 0.3) is 0 Å². The average Bonchev–Trinajstić information content (AvgIpc) is 3.10. The summed E-state index contributed by atoms with van der Waals surface area (Å²) in [6.45, 7) is 4.99. The molecule has 23 heavy (non-hydrogen) atoms. The standard InChI is InChI=1S/C18H21FN2O2/c1-12-10-15(13-4-2-5-14(19)18(13)20-12)21-7-9-23-17(11-21)16-6-3-8-22-16/h2,4-5,10,16-17H,3,6-9,11H2,1H3. The van der Waals surface area contributed by atoms with Crippen molar-refractivity contribution >= 4 is 16.6 Å². The SMILES string of the molecule is Cc1cc(N2CCOC(C3CCCO3)C2)c2cccc(F)c2n1. The number of para-hydroxylation sites is 1. The van der Waals surface area contributed by atoms with Gasteiger partial charge in [-0.1, -0.05) is 12.1 Å². The number of hydrogen-bond acceptors (Lipinski definition) is 4. The first-order chi connectivity index (χ1) is 11.2. The van der Waals surface area contributed by atoms with E-state index >= 15 is 0 Å². The van der Waals surface area contributed by atoms with Crippen molar-refractivity contribution in [2.75, 3.05) is 31.2 Å². The highest BCUT2D eigenvalue weighted by molar-refractivity contribution is 5.92. The molecule has 0 N–H and O–H groups in total. The summed E-state index contributed by atoms with van der Waals surface area (Å²) in [5.41, 5.74) is 2.32. The zero-order chi connectivity index (χ0) is 15.8. The van der Waals surface area contributed by atoms with Crippen molar-refractivity contribution in [1.29, 1.82) is 0 Å². The summed E-state index contributed by atoms with van der Waals surface area (Å²) in [7, 11) is 0. The molecule has 0 aliphatic carbocycles. The lowest BCUT2D eigenvalue weighted by Crippen LogP contribution is -2.47. The van der Waals surface area contributed by atoms with E-state index in [4.69, 9.17) is 9.47 Å². The Kier molecular flexibility index (Phi) is 3.91. The van der Waals surface area contributed by atoms with Crippen molar-refractivity contribution in [1.82, 2.24) is 4.98 Å². The lowest BCUT2D eigenvalue weighted by molar-refractivity contribution is -0.0542. The molecule has 4 nitrogen and oxygen atoms in total. The molecule has 3 heterocycles. The number of pyridine rings is 1. The van der Waals surface area contributed by atoms with Crippen molar-refractivity contribution in [2.45, 2.75) is 32.0 Å². The van der Waals surface area contributed by atoms with Gasteiger partial charge in [0.05, 0.1) is 12.7 Å². The largest absolute Gasteiger partial charge is 0.375 e. The van der Waals surface area contributed by atoms with E-state index in [0.717, 1.165) is 49.3 Å². The Bertz CT molecular complexity index is 715. The van der Waals surface area contributed by atoms with Crippen molar-refractivity contribution in [3.63, 3.8) is 0 Å². The quantitative estimate of drug-likeness (QED) is 0.853. The highest BCUT2D eigenvalue weighted by Gasteiger charge is 2.31. The van der Waals surface area contributed by atoms with Crippen LogP contribution in [0.25, 0.3) is 10.9 Å². The number of ether oxygens (including phenoxy) is 2. The first kappa shape index (κ1) is 14.8. The zero-order valence-electron chi connectivity index (χ0n) is 13.3. The first-order valence-electron chi connectivity index (χ1n) is 8.26. The van der Waals surface area contributed by atoms with Crippen molar-refractivity contribution in [3.05, 3.63) is 35.8 Å². The topological polar surface area (TPSA) is 34.6 Å². The van der Waals surface area contributed by atoms with Crippen LogP contribution in [0.15, 0.2) is 24.3 Å². The summed E-state index contributed by atoms with van der Waals surface area (Å²) in [5.74, 6) is -0.267. The summed E-state index contributed by atoms with van der Waals surface area (Å²) in [5, 5.41) is 0.864. The Morgan fingerprint density at radius 1 is 1.22 bits per heavy atom. The molecule has 1 aromatic carbocycles. The van der Waals surface area contributed by atoms with Crippen molar-refractivity contribution in [3.8, 4) is 0 Å². The molecule has 2 aliphatic heterocycles. The number of aromatic nitrogens is 1. The van der Waals surface area contributed by atoms with Gasteiger partial charge in [0.15, 0.2) is 0 Å². The second kappa shape index (κ2) is 6.06. The molecule has 2 fully saturated rings. The van der Waals surface area contributed by atoms with Crippen LogP contribution >= 0.6 is 0 Å². The number of benzene rings is 1.